The van der Waals surface area contributed by atoms with Gasteiger partial charge in [-0.25, -0.2) is 4.79 Å². The Labute approximate surface area is 90.7 Å². The van der Waals surface area contributed by atoms with E-state index in [0.29, 0.717) is 15.8 Å². The molecule has 0 aliphatic rings. The van der Waals surface area contributed by atoms with Gasteiger partial charge in [0.25, 0.3) is 0 Å². The standard InChI is InChI=1S/C10H8N2O2S/c11-10(13)12-7-5-14-8-4-2-1-3-6(8)9(7)15/h1-5H,(H3,11,12,13). The van der Waals surface area contributed by atoms with Crippen LogP contribution >= 0.6 is 12.2 Å². The van der Waals surface area contributed by atoms with Crippen LogP contribution in [0.3, 0.4) is 0 Å². The predicted octanol–water partition coefficient (Wildman–Crippen LogP) is 2.65. The van der Waals surface area contributed by atoms with Gasteiger partial charge in [-0.2, -0.15) is 0 Å². The molecular weight excluding hydrogens is 212 g/mol. The van der Waals surface area contributed by atoms with Gasteiger partial charge in [-0.3, -0.25) is 0 Å². The fourth-order valence-corrected chi connectivity index (χ4v) is 1.56. The van der Waals surface area contributed by atoms with Crippen molar-refractivity contribution in [1.82, 2.24) is 0 Å². The van der Waals surface area contributed by atoms with Crippen molar-refractivity contribution < 1.29 is 9.21 Å². The molecule has 3 N–H and O–H groups in total. The van der Waals surface area contributed by atoms with Crippen molar-refractivity contribution in [2.75, 3.05) is 5.32 Å². The van der Waals surface area contributed by atoms with E-state index in [1.54, 1.807) is 6.07 Å². The summed E-state index contributed by atoms with van der Waals surface area (Å²) in [5.41, 5.74) is 6.09. The SMILES string of the molecule is NC(=O)Nc1coc2ccccc2c1=S. The third-order valence-corrected chi connectivity index (χ3v) is 2.38. The van der Waals surface area contributed by atoms with Gasteiger partial charge >= 0.3 is 6.03 Å². The van der Waals surface area contributed by atoms with Gasteiger partial charge in [0.2, 0.25) is 0 Å². The minimum atomic E-state index is -0.661. The average Bonchev–Trinajstić information content (AvgIpc) is 2.22. The third kappa shape index (κ3) is 1.82. The van der Waals surface area contributed by atoms with E-state index in [0.717, 1.165) is 5.39 Å². The molecule has 0 unspecified atom stereocenters. The number of para-hydroxylation sites is 1. The summed E-state index contributed by atoms with van der Waals surface area (Å²) < 4.78 is 5.81. The molecule has 0 atom stereocenters. The van der Waals surface area contributed by atoms with Crippen molar-refractivity contribution in [2.45, 2.75) is 0 Å². The number of nitrogens with one attached hydrogen (secondary N) is 1. The van der Waals surface area contributed by atoms with Gasteiger partial charge in [-0.1, -0.05) is 24.4 Å². The molecule has 2 rings (SSSR count). The number of hydrogen-bond acceptors (Lipinski definition) is 3. The van der Waals surface area contributed by atoms with Crippen molar-refractivity contribution in [3.05, 3.63) is 35.0 Å². The molecule has 5 heteroatoms. The molecule has 0 aliphatic carbocycles. The maximum Gasteiger partial charge on any atom is 0.316 e. The minimum absolute atomic E-state index is 0.413. The summed E-state index contributed by atoms with van der Waals surface area (Å²) in [6.45, 7) is 0. The van der Waals surface area contributed by atoms with Crippen molar-refractivity contribution >= 4 is 34.9 Å². The monoisotopic (exact) mass is 220 g/mol. The highest BCUT2D eigenvalue weighted by molar-refractivity contribution is 7.71. The van der Waals surface area contributed by atoms with E-state index in [2.05, 4.69) is 5.32 Å². The van der Waals surface area contributed by atoms with Crippen molar-refractivity contribution in [2.24, 2.45) is 5.73 Å². The third-order valence-electron chi connectivity index (χ3n) is 1.94. The second-order valence-electron chi connectivity index (χ2n) is 2.96. The van der Waals surface area contributed by atoms with Crippen molar-refractivity contribution in [3.63, 3.8) is 0 Å². The zero-order chi connectivity index (χ0) is 10.8. The van der Waals surface area contributed by atoms with E-state index >= 15 is 0 Å². The Hall–Kier alpha value is -1.88. The molecule has 15 heavy (non-hydrogen) atoms. The van der Waals surface area contributed by atoms with Crippen LogP contribution in [0.25, 0.3) is 11.0 Å². The van der Waals surface area contributed by atoms with Crippen LogP contribution in [0, 0.1) is 4.51 Å². The minimum Gasteiger partial charge on any atom is -0.462 e. The number of primary amides is 1. The summed E-state index contributed by atoms with van der Waals surface area (Å²) in [5, 5.41) is 3.18. The first-order valence-electron chi connectivity index (χ1n) is 4.25. The lowest BCUT2D eigenvalue weighted by Gasteiger charge is -2.03. The molecular formula is C10H8N2O2S. The lowest BCUT2D eigenvalue weighted by atomic mass is 10.2. The number of nitrogens with two attached hydrogens (primary N) is 1. The van der Waals surface area contributed by atoms with Crippen LogP contribution in [0.15, 0.2) is 34.9 Å². The summed E-state index contributed by atoms with van der Waals surface area (Å²) in [4.78, 5) is 10.7. The van der Waals surface area contributed by atoms with Gasteiger partial charge in [0.05, 0.1) is 10.2 Å². The van der Waals surface area contributed by atoms with E-state index in [4.69, 9.17) is 22.4 Å². The van der Waals surface area contributed by atoms with Crippen LogP contribution in [0.2, 0.25) is 0 Å². The van der Waals surface area contributed by atoms with E-state index in [9.17, 15) is 4.79 Å². The second kappa shape index (κ2) is 3.70. The molecule has 1 aromatic carbocycles. The molecule has 1 heterocycles. The number of amides is 2. The molecule has 0 bridgehead atoms. The zero-order valence-electron chi connectivity index (χ0n) is 7.69. The van der Waals surface area contributed by atoms with E-state index in [1.165, 1.54) is 6.26 Å². The number of carbonyl (C=O) groups excluding carboxylic acids is 1. The molecule has 2 aromatic rings. The van der Waals surface area contributed by atoms with Crippen LogP contribution in [0.5, 0.6) is 0 Å². The normalized spacial score (nSPS) is 10.1. The fourth-order valence-electron chi connectivity index (χ4n) is 1.30. The summed E-state index contributed by atoms with van der Waals surface area (Å²) >= 11 is 5.18. The zero-order valence-corrected chi connectivity index (χ0v) is 8.51. The Morgan fingerprint density at radius 3 is 2.87 bits per heavy atom. The molecule has 1 aromatic heterocycles. The smallest absolute Gasteiger partial charge is 0.316 e. The quantitative estimate of drug-likeness (QED) is 0.726. The summed E-state index contributed by atoms with van der Waals surface area (Å²) in [6.07, 6.45) is 1.38. The van der Waals surface area contributed by atoms with Gasteiger partial charge in [0.1, 0.15) is 11.8 Å². The molecule has 0 radical (unpaired) electrons. The van der Waals surface area contributed by atoms with Crippen LogP contribution in [-0.4, -0.2) is 6.03 Å². The van der Waals surface area contributed by atoms with Crippen molar-refractivity contribution in [3.8, 4) is 0 Å². The van der Waals surface area contributed by atoms with E-state index in [1.807, 2.05) is 18.2 Å². The molecule has 0 saturated carbocycles. The number of benzene rings is 1. The number of hydrogen-bond donors (Lipinski definition) is 2. The highest BCUT2D eigenvalue weighted by Gasteiger charge is 2.03. The lowest BCUT2D eigenvalue weighted by Crippen LogP contribution is -2.19. The highest BCUT2D eigenvalue weighted by Crippen LogP contribution is 2.21. The average molecular weight is 220 g/mol. The fraction of sp³-hybridized carbons (Fsp3) is 0. The molecule has 0 saturated heterocycles. The summed E-state index contributed by atoms with van der Waals surface area (Å²) in [5.74, 6) is 0. The van der Waals surface area contributed by atoms with Gasteiger partial charge in [-0.15, -0.1) is 0 Å². The molecule has 4 nitrogen and oxygen atoms in total. The molecule has 76 valence electrons. The first-order valence-corrected chi connectivity index (χ1v) is 4.66. The van der Waals surface area contributed by atoms with Crippen LogP contribution in [-0.2, 0) is 0 Å². The largest absolute Gasteiger partial charge is 0.462 e. The number of carbonyl (C=O) groups is 1. The Morgan fingerprint density at radius 2 is 2.13 bits per heavy atom. The molecule has 2 amide bonds. The van der Waals surface area contributed by atoms with Gasteiger partial charge in [-0.05, 0) is 12.1 Å². The summed E-state index contributed by atoms with van der Waals surface area (Å²) in [7, 11) is 0. The first-order chi connectivity index (χ1) is 7.18. The Kier molecular flexibility index (Phi) is 2.39. The number of rotatable bonds is 1. The number of anilines is 1. The maximum absolute atomic E-state index is 10.7. The first kappa shape index (κ1) is 9.67. The molecule has 0 aliphatic heterocycles. The van der Waals surface area contributed by atoms with Gasteiger partial charge < -0.3 is 15.5 Å². The molecule has 0 fully saturated rings. The van der Waals surface area contributed by atoms with Crippen molar-refractivity contribution in [1.29, 1.82) is 0 Å². The Bertz CT molecular complexity index is 577. The van der Waals surface area contributed by atoms with Crippen LogP contribution in [0.1, 0.15) is 0 Å². The number of fused-ring (bicyclic) bond motifs is 1. The second-order valence-corrected chi connectivity index (χ2v) is 3.37. The van der Waals surface area contributed by atoms with Gasteiger partial charge in [0.15, 0.2) is 0 Å². The topological polar surface area (TPSA) is 68.3 Å². The van der Waals surface area contributed by atoms with E-state index in [-0.39, 0.29) is 0 Å². The lowest BCUT2D eigenvalue weighted by molar-refractivity contribution is 0.259. The highest BCUT2D eigenvalue weighted by atomic mass is 32.1. The van der Waals surface area contributed by atoms with Gasteiger partial charge in [0, 0.05) is 5.39 Å². The number of urea groups is 1. The Balaban J connectivity index is 2.65. The maximum atomic E-state index is 10.7. The molecule has 0 spiro atoms. The van der Waals surface area contributed by atoms with Crippen LogP contribution in [0.4, 0.5) is 10.5 Å². The van der Waals surface area contributed by atoms with E-state index < -0.39 is 6.03 Å². The van der Waals surface area contributed by atoms with Crippen LogP contribution < -0.4 is 11.1 Å². The predicted molar refractivity (Wildman–Crippen MR) is 60.3 cm³/mol. The summed E-state index contributed by atoms with van der Waals surface area (Å²) in [6, 6.07) is 6.67. The Morgan fingerprint density at radius 1 is 1.40 bits per heavy atom.